The van der Waals surface area contributed by atoms with Crippen LogP contribution < -0.4 is 5.32 Å². The molecule has 0 saturated carbocycles. The lowest BCUT2D eigenvalue weighted by molar-refractivity contribution is -0.134. The van der Waals surface area contributed by atoms with Crippen LogP contribution in [-0.4, -0.2) is 21.4 Å². The van der Waals surface area contributed by atoms with Crippen LogP contribution in [-0.2, 0) is 9.59 Å². The van der Waals surface area contributed by atoms with Crippen molar-refractivity contribution in [2.75, 3.05) is 0 Å². The van der Waals surface area contributed by atoms with Gasteiger partial charge in [-0.05, 0) is 12.5 Å². The number of piperidine rings is 1. The van der Waals surface area contributed by atoms with E-state index >= 15 is 0 Å². The second kappa shape index (κ2) is 4.14. The highest BCUT2D eigenvalue weighted by atomic mass is 32.1. The van der Waals surface area contributed by atoms with Gasteiger partial charge in [0.1, 0.15) is 10.3 Å². The summed E-state index contributed by atoms with van der Waals surface area (Å²) in [7, 11) is 0. The molecule has 1 saturated heterocycles. The number of rotatable bonds is 1. The first kappa shape index (κ1) is 11.6. The van der Waals surface area contributed by atoms with Crippen LogP contribution in [0.25, 0.3) is 15.7 Å². The van der Waals surface area contributed by atoms with Crippen LogP contribution in [0.2, 0.25) is 0 Å². The molecule has 1 fully saturated rings. The van der Waals surface area contributed by atoms with Gasteiger partial charge in [-0.1, -0.05) is 18.2 Å². The first-order valence-electron chi connectivity index (χ1n) is 6.42. The second-order valence-electron chi connectivity index (χ2n) is 4.89. The number of fused-ring (bicyclic) bond motifs is 3. The molecule has 4 rings (SSSR count). The van der Waals surface area contributed by atoms with Crippen LogP contribution in [0.5, 0.6) is 0 Å². The van der Waals surface area contributed by atoms with Gasteiger partial charge in [-0.2, -0.15) is 5.10 Å². The quantitative estimate of drug-likeness (QED) is 0.696. The summed E-state index contributed by atoms with van der Waals surface area (Å²) in [5.74, 6) is -0.661. The third kappa shape index (κ3) is 1.51. The molecule has 3 aromatic rings. The molecule has 1 unspecified atom stereocenters. The Kier molecular flexibility index (Phi) is 2.40. The maximum absolute atomic E-state index is 12.2. The van der Waals surface area contributed by atoms with Gasteiger partial charge in [0.2, 0.25) is 11.8 Å². The van der Waals surface area contributed by atoms with E-state index in [1.165, 1.54) is 11.3 Å². The van der Waals surface area contributed by atoms with Crippen LogP contribution >= 0.6 is 11.3 Å². The van der Waals surface area contributed by atoms with Crippen molar-refractivity contribution in [3.05, 3.63) is 35.3 Å². The van der Waals surface area contributed by atoms with Crippen molar-refractivity contribution in [1.29, 1.82) is 0 Å². The van der Waals surface area contributed by atoms with Gasteiger partial charge in [0.05, 0.1) is 11.4 Å². The van der Waals surface area contributed by atoms with E-state index in [1.807, 2.05) is 28.8 Å². The van der Waals surface area contributed by atoms with E-state index < -0.39 is 0 Å². The number of amides is 2. The van der Waals surface area contributed by atoms with Crippen molar-refractivity contribution in [2.45, 2.75) is 18.8 Å². The molecule has 0 aliphatic carbocycles. The number of carbonyl (C=O) groups is 2. The number of nitrogens with one attached hydrogen (secondary N) is 1. The summed E-state index contributed by atoms with van der Waals surface area (Å²) in [6.45, 7) is 0. The summed E-state index contributed by atoms with van der Waals surface area (Å²) in [4.78, 5) is 24.5. The summed E-state index contributed by atoms with van der Waals surface area (Å²) >= 11 is 1.52. The van der Waals surface area contributed by atoms with E-state index in [1.54, 1.807) is 5.51 Å². The predicted molar refractivity (Wildman–Crippen MR) is 75.7 cm³/mol. The van der Waals surface area contributed by atoms with Crippen LogP contribution in [0.4, 0.5) is 0 Å². The fourth-order valence-corrected chi connectivity index (χ4v) is 3.74. The zero-order valence-corrected chi connectivity index (χ0v) is 11.3. The van der Waals surface area contributed by atoms with Crippen molar-refractivity contribution in [3.8, 4) is 0 Å². The molecule has 1 aliphatic heterocycles. The van der Waals surface area contributed by atoms with Gasteiger partial charge in [-0.15, -0.1) is 11.3 Å². The number of aromatic nitrogens is 2. The normalized spacial score (nSPS) is 19.7. The lowest BCUT2D eigenvalue weighted by atomic mass is 9.90. The molecule has 3 heterocycles. The highest BCUT2D eigenvalue weighted by Crippen LogP contribution is 2.37. The zero-order valence-electron chi connectivity index (χ0n) is 10.5. The number of benzene rings is 1. The van der Waals surface area contributed by atoms with Gasteiger partial charge in [0, 0.05) is 17.4 Å². The van der Waals surface area contributed by atoms with Crippen LogP contribution in [0.1, 0.15) is 24.3 Å². The molecular weight excluding hydrogens is 274 g/mol. The Hall–Kier alpha value is -2.21. The van der Waals surface area contributed by atoms with E-state index in [4.69, 9.17) is 0 Å². The van der Waals surface area contributed by atoms with E-state index in [0.717, 1.165) is 21.3 Å². The van der Waals surface area contributed by atoms with Gasteiger partial charge in [0.25, 0.3) is 0 Å². The molecule has 2 aromatic heterocycles. The first-order chi connectivity index (χ1) is 9.75. The number of para-hydroxylation sites is 1. The van der Waals surface area contributed by atoms with Gasteiger partial charge in [-0.3, -0.25) is 14.9 Å². The lowest BCUT2D eigenvalue weighted by Crippen LogP contribution is -2.39. The predicted octanol–water partition coefficient (Wildman–Crippen LogP) is 2.07. The second-order valence-corrected chi connectivity index (χ2v) is 5.72. The minimum Gasteiger partial charge on any atom is -0.296 e. The van der Waals surface area contributed by atoms with Gasteiger partial charge >= 0.3 is 0 Å². The standard InChI is InChI=1S/C14H11N3O2S/c18-11-6-5-9(13(19)16-11)12-8-3-1-2-4-10(8)17-14(12)20-7-15-17/h1-4,7,9H,5-6H2,(H,16,18,19). The van der Waals surface area contributed by atoms with Crippen LogP contribution in [0.3, 0.4) is 0 Å². The average Bonchev–Trinajstić information content (AvgIpc) is 3.00. The molecule has 2 amide bonds. The fourth-order valence-electron chi connectivity index (χ4n) is 2.88. The van der Waals surface area contributed by atoms with Crippen molar-refractivity contribution >= 4 is 38.9 Å². The third-order valence-corrected chi connectivity index (χ3v) is 4.58. The van der Waals surface area contributed by atoms with Crippen LogP contribution in [0.15, 0.2) is 29.8 Å². The molecule has 100 valence electrons. The molecule has 20 heavy (non-hydrogen) atoms. The SMILES string of the molecule is O=C1CCC(c2c3ccccc3n3ncsc23)C(=O)N1. The molecule has 5 nitrogen and oxygen atoms in total. The zero-order chi connectivity index (χ0) is 13.7. The number of hydrogen-bond donors (Lipinski definition) is 1. The first-order valence-corrected chi connectivity index (χ1v) is 7.30. The van der Waals surface area contributed by atoms with Gasteiger partial charge in [0.15, 0.2) is 0 Å². The minimum absolute atomic E-state index is 0.185. The summed E-state index contributed by atoms with van der Waals surface area (Å²) < 4.78 is 1.87. The fraction of sp³-hybridized carbons (Fsp3) is 0.214. The minimum atomic E-state index is -0.275. The number of carbonyl (C=O) groups excluding carboxylic acids is 2. The number of nitrogens with zero attached hydrogens (tertiary/aromatic N) is 2. The smallest absolute Gasteiger partial charge is 0.234 e. The molecule has 1 aliphatic rings. The van der Waals surface area contributed by atoms with E-state index in [9.17, 15) is 9.59 Å². The number of imide groups is 1. The van der Waals surface area contributed by atoms with Crippen molar-refractivity contribution in [1.82, 2.24) is 14.9 Å². The van der Waals surface area contributed by atoms with Gasteiger partial charge in [-0.25, -0.2) is 4.52 Å². The molecular formula is C14H11N3O2S. The average molecular weight is 285 g/mol. The summed E-state index contributed by atoms with van der Waals surface area (Å²) in [6, 6.07) is 7.93. The molecule has 0 radical (unpaired) electrons. The van der Waals surface area contributed by atoms with Crippen molar-refractivity contribution < 1.29 is 9.59 Å². The van der Waals surface area contributed by atoms with Crippen LogP contribution in [0, 0.1) is 0 Å². The number of hydrogen-bond acceptors (Lipinski definition) is 4. The van der Waals surface area contributed by atoms with Crippen molar-refractivity contribution in [3.63, 3.8) is 0 Å². The van der Waals surface area contributed by atoms with E-state index in [2.05, 4.69) is 10.4 Å². The topological polar surface area (TPSA) is 63.5 Å². The Labute approximate surface area is 118 Å². The summed E-state index contributed by atoms with van der Waals surface area (Å²) in [5, 5.41) is 7.82. The summed E-state index contributed by atoms with van der Waals surface area (Å²) in [5.41, 5.74) is 3.77. The molecule has 0 spiro atoms. The Morgan fingerprint density at radius 1 is 1.30 bits per heavy atom. The van der Waals surface area contributed by atoms with E-state index in [0.29, 0.717) is 12.8 Å². The molecule has 6 heteroatoms. The Morgan fingerprint density at radius 2 is 2.15 bits per heavy atom. The van der Waals surface area contributed by atoms with Crippen molar-refractivity contribution in [2.24, 2.45) is 0 Å². The largest absolute Gasteiger partial charge is 0.296 e. The third-order valence-electron chi connectivity index (χ3n) is 3.76. The van der Waals surface area contributed by atoms with E-state index in [-0.39, 0.29) is 17.7 Å². The molecule has 1 N–H and O–H groups in total. The molecule has 0 bridgehead atoms. The molecule has 1 atom stereocenters. The monoisotopic (exact) mass is 285 g/mol. The Bertz CT molecular complexity index is 848. The Balaban J connectivity index is 1.99. The molecule has 1 aromatic carbocycles. The highest BCUT2D eigenvalue weighted by Gasteiger charge is 2.32. The summed E-state index contributed by atoms with van der Waals surface area (Å²) in [6.07, 6.45) is 0.951. The maximum atomic E-state index is 12.2. The highest BCUT2D eigenvalue weighted by molar-refractivity contribution is 7.15. The van der Waals surface area contributed by atoms with Gasteiger partial charge < -0.3 is 0 Å². The maximum Gasteiger partial charge on any atom is 0.234 e. The lowest BCUT2D eigenvalue weighted by Gasteiger charge is -2.20. The Morgan fingerprint density at radius 3 is 3.00 bits per heavy atom.